The molecule has 3 heteroatoms. The maximum Gasteiger partial charge on any atom is 0.162 e. The van der Waals surface area contributed by atoms with Gasteiger partial charge < -0.3 is 0 Å². The first-order valence-corrected chi connectivity index (χ1v) is 18.5. The molecule has 0 radical (unpaired) electrons. The first-order chi connectivity index (χ1) is 26.8. The predicted molar refractivity (Wildman–Crippen MR) is 221 cm³/mol. The van der Waals surface area contributed by atoms with Crippen molar-refractivity contribution in [2.24, 2.45) is 0 Å². The summed E-state index contributed by atoms with van der Waals surface area (Å²) in [5.74, 6) is 1.53. The Morgan fingerprint density at radius 2 is 0.889 bits per heavy atom. The third-order valence-corrected chi connectivity index (χ3v) is 11.3. The quantitative estimate of drug-likeness (QED) is 0.180. The van der Waals surface area contributed by atoms with Gasteiger partial charge in [-0.25, -0.2) is 9.97 Å². The smallest absolute Gasteiger partial charge is 0.162 e. The average molecular weight is 688 g/mol. The van der Waals surface area contributed by atoms with Gasteiger partial charge in [0, 0.05) is 22.2 Å². The summed E-state index contributed by atoms with van der Waals surface area (Å²) < 4.78 is 0. The van der Waals surface area contributed by atoms with Gasteiger partial charge in [0.1, 0.15) is 5.82 Å². The Morgan fingerprint density at radius 1 is 0.370 bits per heavy atom. The van der Waals surface area contributed by atoms with E-state index >= 15 is 0 Å². The summed E-state index contributed by atoms with van der Waals surface area (Å²) >= 11 is 0. The van der Waals surface area contributed by atoms with E-state index in [1.165, 1.54) is 55.6 Å². The predicted octanol–water partition coefficient (Wildman–Crippen LogP) is 12.8. The Balaban J connectivity index is 1.23. The Labute approximate surface area is 314 Å². The number of anilines is 3. The van der Waals surface area contributed by atoms with Crippen LogP contribution in [0.1, 0.15) is 22.3 Å². The van der Waals surface area contributed by atoms with Crippen LogP contribution in [0.3, 0.4) is 0 Å². The van der Waals surface area contributed by atoms with Gasteiger partial charge in [0.15, 0.2) is 5.82 Å². The van der Waals surface area contributed by atoms with Crippen LogP contribution in [0.2, 0.25) is 0 Å². The van der Waals surface area contributed by atoms with Crippen molar-refractivity contribution in [3.05, 3.63) is 222 Å². The molecule has 2 aliphatic rings. The van der Waals surface area contributed by atoms with Gasteiger partial charge in [-0.15, -0.1) is 0 Å². The van der Waals surface area contributed by atoms with Crippen molar-refractivity contribution >= 4 is 28.1 Å². The van der Waals surface area contributed by atoms with Crippen molar-refractivity contribution in [2.75, 3.05) is 4.90 Å². The van der Waals surface area contributed by atoms with Crippen molar-refractivity contribution in [1.29, 1.82) is 0 Å². The molecule has 3 nitrogen and oxygen atoms in total. The lowest BCUT2D eigenvalue weighted by molar-refractivity contribution is 0.793. The summed E-state index contributed by atoms with van der Waals surface area (Å²) in [5.41, 5.74) is 16.2. The summed E-state index contributed by atoms with van der Waals surface area (Å²) in [6.07, 6.45) is 0. The van der Waals surface area contributed by atoms with E-state index in [1.54, 1.807) is 0 Å². The van der Waals surface area contributed by atoms with Crippen molar-refractivity contribution < 1.29 is 0 Å². The van der Waals surface area contributed by atoms with Crippen LogP contribution < -0.4 is 4.90 Å². The van der Waals surface area contributed by atoms with E-state index in [0.29, 0.717) is 5.82 Å². The third-order valence-electron chi connectivity index (χ3n) is 11.3. The van der Waals surface area contributed by atoms with Crippen LogP contribution in [0, 0.1) is 0 Å². The van der Waals surface area contributed by atoms with Crippen molar-refractivity contribution in [1.82, 2.24) is 9.97 Å². The molecule has 0 saturated carbocycles. The van der Waals surface area contributed by atoms with Crippen LogP contribution in [0.5, 0.6) is 0 Å². The van der Waals surface area contributed by atoms with E-state index in [-0.39, 0.29) is 0 Å². The number of benzene rings is 8. The zero-order valence-corrected chi connectivity index (χ0v) is 29.4. The summed E-state index contributed by atoms with van der Waals surface area (Å²) in [6, 6.07) is 72.0. The fourth-order valence-electron chi connectivity index (χ4n) is 9.07. The van der Waals surface area contributed by atoms with E-state index in [2.05, 4.69) is 187 Å². The van der Waals surface area contributed by atoms with Crippen LogP contribution in [-0.2, 0) is 5.41 Å². The first kappa shape index (κ1) is 30.5. The zero-order valence-electron chi connectivity index (χ0n) is 29.4. The molecular formula is C51H33N3. The molecule has 0 bridgehead atoms. The molecule has 0 aliphatic heterocycles. The molecule has 2 aliphatic carbocycles. The lowest BCUT2D eigenvalue weighted by Gasteiger charge is -2.31. The summed E-state index contributed by atoms with van der Waals surface area (Å²) in [6.45, 7) is 0. The fourth-order valence-corrected chi connectivity index (χ4v) is 9.07. The van der Waals surface area contributed by atoms with Gasteiger partial charge >= 0.3 is 0 Å². The molecule has 9 aromatic rings. The van der Waals surface area contributed by atoms with Crippen LogP contribution in [0.15, 0.2) is 200 Å². The molecule has 0 amide bonds. The van der Waals surface area contributed by atoms with Gasteiger partial charge in [-0.3, -0.25) is 4.90 Å². The Bertz CT molecular complexity index is 2830. The number of rotatable bonds is 5. The molecular weight excluding hydrogens is 655 g/mol. The van der Waals surface area contributed by atoms with Crippen molar-refractivity contribution in [2.45, 2.75) is 5.41 Å². The summed E-state index contributed by atoms with van der Waals surface area (Å²) in [5, 5.41) is 0.986. The number of para-hydroxylation sites is 1. The molecule has 54 heavy (non-hydrogen) atoms. The molecule has 0 saturated heterocycles. The lowest BCUT2D eigenvalue weighted by atomic mass is 9.70. The van der Waals surface area contributed by atoms with E-state index < -0.39 is 5.41 Å². The van der Waals surface area contributed by atoms with Crippen molar-refractivity contribution in [3.8, 4) is 44.8 Å². The molecule has 8 aromatic carbocycles. The van der Waals surface area contributed by atoms with Gasteiger partial charge in [0.05, 0.1) is 16.6 Å². The molecule has 1 aromatic heterocycles. The molecule has 0 N–H and O–H groups in total. The number of hydrogen-bond acceptors (Lipinski definition) is 3. The molecule has 0 fully saturated rings. The Kier molecular flexibility index (Phi) is 6.77. The number of hydrogen-bond donors (Lipinski definition) is 0. The number of fused-ring (bicyclic) bond motifs is 11. The van der Waals surface area contributed by atoms with E-state index in [9.17, 15) is 0 Å². The molecule has 0 atom stereocenters. The number of nitrogens with zero attached hydrogens (tertiary/aromatic N) is 3. The summed E-state index contributed by atoms with van der Waals surface area (Å²) in [7, 11) is 0. The van der Waals surface area contributed by atoms with Crippen molar-refractivity contribution in [3.63, 3.8) is 0 Å². The maximum absolute atomic E-state index is 5.46. The maximum atomic E-state index is 5.46. The second-order valence-electron chi connectivity index (χ2n) is 14.1. The number of aromatic nitrogens is 2. The Morgan fingerprint density at radius 3 is 1.57 bits per heavy atom. The minimum absolute atomic E-state index is 0.457. The average Bonchev–Trinajstić information content (AvgIpc) is 3.73. The second kappa shape index (κ2) is 12.0. The lowest BCUT2D eigenvalue weighted by Crippen LogP contribution is -2.26. The van der Waals surface area contributed by atoms with Crippen LogP contribution >= 0.6 is 0 Å². The van der Waals surface area contributed by atoms with Gasteiger partial charge in [0.2, 0.25) is 0 Å². The van der Waals surface area contributed by atoms with E-state index in [1.807, 2.05) is 18.2 Å². The third kappa shape index (κ3) is 4.36. The van der Waals surface area contributed by atoms with E-state index in [4.69, 9.17) is 9.97 Å². The standard InChI is InChI=1S/C51H33N3/c1-3-16-34(17-4-1)35-30-32-37(33-31-35)54(50-41-23-10-14-28-46(41)52-49(53-50)36-18-5-2-6-19-36)47-29-15-27-45-48(47)40-22-9-13-26-44(40)51(45)42-24-11-7-20-38(42)39-21-8-12-25-43(39)51/h1-33H. The minimum atomic E-state index is -0.457. The van der Waals surface area contributed by atoms with Crippen LogP contribution in [-0.4, -0.2) is 9.97 Å². The highest BCUT2D eigenvalue weighted by molar-refractivity contribution is 6.04. The van der Waals surface area contributed by atoms with Crippen LogP contribution in [0.4, 0.5) is 17.2 Å². The molecule has 1 heterocycles. The first-order valence-electron chi connectivity index (χ1n) is 18.5. The van der Waals surface area contributed by atoms with Gasteiger partial charge in [-0.2, -0.15) is 0 Å². The SMILES string of the molecule is c1ccc(-c2ccc(N(c3cccc4c3-c3ccccc3C43c4ccccc4-c4ccccc43)c3nc(-c4ccccc4)nc4ccccc34)cc2)cc1. The monoisotopic (exact) mass is 687 g/mol. The normalized spacial score (nSPS) is 13.0. The zero-order chi connectivity index (χ0) is 35.6. The molecule has 252 valence electrons. The van der Waals surface area contributed by atoms with Gasteiger partial charge in [0.25, 0.3) is 0 Å². The molecule has 0 unspecified atom stereocenters. The highest BCUT2D eigenvalue weighted by atomic mass is 15.2. The van der Waals surface area contributed by atoms with Gasteiger partial charge in [-0.05, 0) is 80.4 Å². The Hall–Kier alpha value is -7.10. The highest BCUT2D eigenvalue weighted by Gasteiger charge is 2.52. The van der Waals surface area contributed by atoms with Crippen LogP contribution in [0.25, 0.3) is 55.7 Å². The largest absolute Gasteiger partial charge is 0.294 e. The second-order valence-corrected chi connectivity index (χ2v) is 14.1. The molecule has 1 spiro atoms. The minimum Gasteiger partial charge on any atom is -0.294 e. The highest BCUT2D eigenvalue weighted by Crippen LogP contribution is 2.64. The van der Waals surface area contributed by atoms with Gasteiger partial charge in [-0.1, -0.05) is 170 Å². The van der Waals surface area contributed by atoms with E-state index in [0.717, 1.165) is 33.7 Å². The fraction of sp³-hybridized carbons (Fsp3) is 0.0196. The molecule has 11 rings (SSSR count). The topological polar surface area (TPSA) is 29.0 Å². The summed E-state index contributed by atoms with van der Waals surface area (Å²) in [4.78, 5) is 12.9.